The van der Waals surface area contributed by atoms with E-state index in [2.05, 4.69) is 193 Å². The van der Waals surface area contributed by atoms with Crippen LogP contribution in [0.5, 0.6) is 11.5 Å². The van der Waals surface area contributed by atoms with Crippen molar-refractivity contribution in [1.29, 1.82) is 0 Å². The second-order valence-corrected chi connectivity index (χ2v) is 14.8. The Morgan fingerprint density at radius 2 is 1.05 bits per heavy atom. The van der Waals surface area contributed by atoms with E-state index >= 15 is 0 Å². The summed E-state index contributed by atoms with van der Waals surface area (Å²) in [5, 5.41) is 4.57. The fourth-order valence-electron chi connectivity index (χ4n) is 9.62. The molecule has 0 fully saturated rings. The number of para-hydroxylation sites is 3. The third kappa shape index (κ3) is 4.28. The lowest BCUT2D eigenvalue weighted by atomic mass is 9.65. The molecule has 2 heterocycles. The Hall–Kier alpha value is -7.36. The van der Waals surface area contributed by atoms with Crippen LogP contribution in [0.3, 0.4) is 0 Å². The second-order valence-electron chi connectivity index (χ2n) is 14.8. The minimum absolute atomic E-state index is 0.637. The summed E-state index contributed by atoms with van der Waals surface area (Å²) in [5.74, 6) is 1.77. The Morgan fingerprint density at radius 3 is 1.96 bits per heavy atom. The van der Waals surface area contributed by atoms with E-state index in [0.717, 1.165) is 67.2 Å². The van der Waals surface area contributed by atoms with Crippen molar-refractivity contribution < 1.29 is 9.15 Å². The molecule has 0 saturated carbocycles. The first-order valence-electron chi connectivity index (χ1n) is 19.2. The van der Waals surface area contributed by atoms with Crippen LogP contribution in [0.2, 0.25) is 0 Å². The van der Waals surface area contributed by atoms with Crippen LogP contribution in [0.1, 0.15) is 22.3 Å². The second kappa shape index (κ2) is 11.8. The summed E-state index contributed by atoms with van der Waals surface area (Å²) in [4.78, 5) is 2.43. The Bertz CT molecular complexity index is 3200. The van der Waals surface area contributed by atoms with Gasteiger partial charge >= 0.3 is 0 Å². The number of nitrogens with zero attached hydrogens (tertiary/aromatic N) is 1. The van der Waals surface area contributed by atoms with Gasteiger partial charge in [0.25, 0.3) is 0 Å². The zero-order chi connectivity index (χ0) is 36.8. The van der Waals surface area contributed by atoms with E-state index in [4.69, 9.17) is 9.15 Å². The molecule has 56 heavy (non-hydrogen) atoms. The van der Waals surface area contributed by atoms with Gasteiger partial charge in [-0.05, 0) is 93.2 Å². The lowest BCUT2D eigenvalue weighted by Crippen LogP contribution is -2.32. The first-order chi connectivity index (χ1) is 27.8. The number of benzene rings is 9. The van der Waals surface area contributed by atoms with Crippen LogP contribution in [0.25, 0.3) is 55.0 Å². The zero-order valence-corrected chi connectivity index (χ0v) is 30.3. The molecule has 0 N–H and O–H groups in total. The number of fused-ring (bicyclic) bond motifs is 14. The minimum atomic E-state index is -0.637. The van der Waals surface area contributed by atoms with Gasteiger partial charge in [-0.25, -0.2) is 0 Å². The van der Waals surface area contributed by atoms with Gasteiger partial charge in [0.05, 0.1) is 11.1 Å². The smallest absolute Gasteiger partial charge is 0.135 e. The molecule has 10 aromatic rings. The topological polar surface area (TPSA) is 25.6 Å². The number of ether oxygens (including phenoxy) is 1. The predicted octanol–water partition coefficient (Wildman–Crippen LogP) is 14.3. The summed E-state index contributed by atoms with van der Waals surface area (Å²) in [6.07, 6.45) is 0. The van der Waals surface area contributed by atoms with Gasteiger partial charge in [-0.3, -0.25) is 0 Å². The first-order valence-corrected chi connectivity index (χ1v) is 19.2. The average Bonchev–Trinajstić information content (AvgIpc) is 3.77. The van der Waals surface area contributed by atoms with Gasteiger partial charge in [-0.2, -0.15) is 0 Å². The van der Waals surface area contributed by atoms with Crippen molar-refractivity contribution in [3.63, 3.8) is 0 Å². The number of hydrogen-bond donors (Lipinski definition) is 0. The van der Waals surface area contributed by atoms with Gasteiger partial charge < -0.3 is 14.1 Å². The van der Waals surface area contributed by atoms with E-state index in [9.17, 15) is 0 Å². The maximum atomic E-state index is 6.83. The lowest BCUT2D eigenvalue weighted by molar-refractivity contribution is 0.438. The highest BCUT2D eigenvalue weighted by Crippen LogP contribution is 2.64. The van der Waals surface area contributed by atoms with Gasteiger partial charge in [0.1, 0.15) is 22.7 Å². The molecule has 9 aromatic carbocycles. The summed E-state index contributed by atoms with van der Waals surface area (Å²) in [5.41, 5.74) is 13.9. The highest BCUT2D eigenvalue weighted by atomic mass is 16.5. The van der Waals surface area contributed by atoms with Gasteiger partial charge in [0.2, 0.25) is 0 Å². The molecule has 0 radical (unpaired) electrons. The Kier molecular flexibility index (Phi) is 6.55. The quantitative estimate of drug-likeness (QED) is 0.181. The summed E-state index contributed by atoms with van der Waals surface area (Å²) in [6.45, 7) is 0. The third-order valence-electron chi connectivity index (χ3n) is 11.9. The summed E-state index contributed by atoms with van der Waals surface area (Å²) in [7, 11) is 0. The average molecular weight is 716 g/mol. The number of furan rings is 1. The minimum Gasteiger partial charge on any atom is -0.457 e. The zero-order valence-electron chi connectivity index (χ0n) is 30.3. The number of anilines is 3. The van der Waals surface area contributed by atoms with E-state index in [1.54, 1.807) is 0 Å². The molecule has 262 valence electrons. The Balaban J connectivity index is 1.19. The molecule has 1 aliphatic carbocycles. The standard InChI is InChI=1S/C53H33NO2/c1-2-14-34(15-3-1)38-17-7-11-23-47(38)54(36-28-31-49-43(32-36)42-20-8-12-24-48(42)55-49)37-27-29-41-40-19-6-9-21-44(40)53(46(41)33-37)45-22-10-13-25-50(45)56-51-30-26-35-16-4-5-18-39(35)52(51)53/h1-33H. The maximum Gasteiger partial charge on any atom is 0.135 e. The fourth-order valence-corrected chi connectivity index (χ4v) is 9.62. The largest absolute Gasteiger partial charge is 0.457 e. The molecule has 0 bridgehead atoms. The third-order valence-corrected chi connectivity index (χ3v) is 11.9. The molecule has 1 unspecified atom stereocenters. The van der Waals surface area contributed by atoms with Crippen molar-refractivity contribution >= 4 is 49.8 Å². The van der Waals surface area contributed by atoms with Crippen molar-refractivity contribution in [2.24, 2.45) is 0 Å². The van der Waals surface area contributed by atoms with E-state index in [1.165, 1.54) is 38.6 Å². The van der Waals surface area contributed by atoms with Gasteiger partial charge in [-0.1, -0.05) is 146 Å². The Morgan fingerprint density at radius 1 is 0.393 bits per heavy atom. The molecular formula is C53H33NO2. The van der Waals surface area contributed by atoms with E-state index in [-0.39, 0.29) is 0 Å². The Labute approximate surface area is 324 Å². The van der Waals surface area contributed by atoms with Crippen molar-refractivity contribution in [3.05, 3.63) is 222 Å². The van der Waals surface area contributed by atoms with Crippen LogP contribution >= 0.6 is 0 Å². The van der Waals surface area contributed by atoms with Gasteiger partial charge in [0.15, 0.2) is 0 Å². The molecule has 1 spiro atoms. The molecule has 1 aliphatic heterocycles. The number of rotatable bonds is 4. The number of hydrogen-bond acceptors (Lipinski definition) is 3. The molecule has 0 saturated heterocycles. The van der Waals surface area contributed by atoms with Crippen LogP contribution in [0.4, 0.5) is 17.1 Å². The van der Waals surface area contributed by atoms with E-state index in [0.29, 0.717) is 0 Å². The normalized spacial score (nSPS) is 15.0. The van der Waals surface area contributed by atoms with Crippen LogP contribution in [0, 0.1) is 0 Å². The van der Waals surface area contributed by atoms with Crippen molar-refractivity contribution in [1.82, 2.24) is 0 Å². The molecule has 3 heteroatoms. The molecule has 2 aliphatic rings. The van der Waals surface area contributed by atoms with Gasteiger partial charge in [-0.15, -0.1) is 0 Å². The molecule has 3 nitrogen and oxygen atoms in total. The van der Waals surface area contributed by atoms with Crippen molar-refractivity contribution in [2.75, 3.05) is 4.90 Å². The van der Waals surface area contributed by atoms with E-state index in [1.807, 2.05) is 12.1 Å². The molecule has 1 atom stereocenters. The van der Waals surface area contributed by atoms with Crippen molar-refractivity contribution in [2.45, 2.75) is 5.41 Å². The van der Waals surface area contributed by atoms with Crippen LogP contribution in [-0.4, -0.2) is 0 Å². The SMILES string of the molecule is c1ccc(-c2ccccc2N(c2ccc3c(c2)C2(c4ccccc4Oc4ccc5ccccc5c42)c2ccccc2-3)c2ccc3oc4ccccc4c3c2)cc1. The highest BCUT2D eigenvalue weighted by Gasteiger charge is 2.52. The molecular weight excluding hydrogens is 683 g/mol. The maximum absolute atomic E-state index is 6.83. The first kappa shape index (κ1) is 31.0. The molecule has 1 aromatic heterocycles. The van der Waals surface area contributed by atoms with Crippen LogP contribution in [-0.2, 0) is 5.41 Å². The highest BCUT2D eigenvalue weighted by molar-refractivity contribution is 6.07. The molecule has 0 amide bonds. The molecule has 12 rings (SSSR count). The van der Waals surface area contributed by atoms with Gasteiger partial charge in [0, 0.05) is 38.8 Å². The van der Waals surface area contributed by atoms with E-state index < -0.39 is 5.41 Å². The summed E-state index contributed by atoms with van der Waals surface area (Å²) in [6, 6.07) is 72.0. The lowest BCUT2D eigenvalue weighted by Gasteiger charge is -2.40. The fraction of sp³-hybridized carbons (Fsp3) is 0.0189. The predicted molar refractivity (Wildman–Crippen MR) is 229 cm³/mol. The van der Waals surface area contributed by atoms with Crippen molar-refractivity contribution in [3.8, 4) is 33.8 Å². The summed E-state index contributed by atoms with van der Waals surface area (Å²) < 4.78 is 13.2. The summed E-state index contributed by atoms with van der Waals surface area (Å²) >= 11 is 0. The monoisotopic (exact) mass is 715 g/mol. The van der Waals surface area contributed by atoms with Crippen LogP contribution < -0.4 is 9.64 Å². The van der Waals surface area contributed by atoms with Crippen LogP contribution in [0.15, 0.2) is 205 Å².